The highest BCUT2D eigenvalue weighted by atomic mass is 32.2. The lowest BCUT2D eigenvalue weighted by Crippen LogP contribution is -2.31. The Bertz CT molecular complexity index is 528. The second-order valence-electron chi connectivity index (χ2n) is 5.11. The fourth-order valence-corrected chi connectivity index (χ4v) is 2.66. The van der Waals surface area contributed by atoms with Crippen molar-refractivity contribution in [2.75, 3.05) is 5.75 Å². The summed E-state index contributed by atoms with van der Waals surface area (Å²) in [5.74, 6) is 0.871. The van der Waals surface area contributed by atoms with Gasteiger partial charge in [-0.25, -0.2) is 4.98 Å². The third kappa shape index (κ3) is 5.91. The molecule has 0 aliphatic heterocycles. The van der Waals surface area contributed by atoms with Gasteiger partial charge in [0, 0.05) is 37.0 Å². The molecule has 1 aromatic heterocycles. The number of carbonyl (C=O) groups excluding carboxylic acids is 1. The lowest BCUT2D eigenvalue weighted by Gasteiger charge is -2.11. The van der Waals surface area contributed by atoms with Crippen molar-refractivity contribution >= 4 is 17.7 Å². The van der Waals surface area contributed by atoms with E-state index in [1.165, 1.54) is 11.8 Å². The van der Waals surface area contributed by atoms with Crippen molar-refractivity contribution < 1.29 is 4.79 Å². The molecule has 1 unspecified atom stereocenters. The molecule has 21 heavy (non-hydrogen) atoms. The normalized spacial score (nSPS) is 12.2. The van der Waals surface area contributed by atoms with Gasteiger partial charge in [-0.05, 0) is 26.2 Å². The first-order valence-electron chi connectivity index (χ1n) is 7.47. The van der Waals surface area contributed by atoms with Gasteiger partial charge in [-0.1, -0.05) is 25.6 Å². The Kier molecular flexibility index (Phi) is 7.50. The molecule has 1 amide bonds. The van der Waals surface area contributed by atoms with Gasteiger partial charge in [-0.3, -0.25) is 14.2 Å². The second kappa shape index (κ2) is 8.87. The van der Waals surface area contributed by atoms with Gasteiger partial charge >= 0.3 is 0 Å². The number of aryl methyl sites for hydroxylation is 1. The fraction of sp³-hybridized carbons (Fsp3) is 0.667. The van der Waals surface area contributed by atoms with Gasteiger partial charge in [-0.2, -0.15) is 0 Å². The maximum atomic E-state index is 11.8. The van der Waals surface area contributed by atoms with Crippen LogP contribution in [-0.2, 0) is 18.3 Å². The number of hydrogen-bond donors (Lipinski definition) is 1. The smallest absolute Gasteiger partial charge is 0.254 e. The average molecular weight is 311 g/mol. The summed E-state index contributed by atoms with van der Waals surface area (Å²) in [5.41, 5.74) is 0.786. The Morgan fingerprint density at radius 3 is 2.81 bits per heavy atom. The summed E-state index contributed by atoms with van der Waals surface area (Å²) in [6.07, 6.45) is 2.98. The number of rotatable bonds is 8. The number of nitrogens with zero attached hydrogens (tertiary/aromatic N) is 2. The Hall–Kier alpha value is -1.30. The molecule has 0 bridgehead atoms. The largest absolute Gasteiger partial charge is 0.354 e. The lowest BCUT2D eigenvalue weighted by atomic mass is 10.2. The van der Waals surface area contributed by atoms with Gasteiger partial charge in [0.05, 0.1) is 0 Å². The molecule has 118 valence electrons. The first-order valence-corrected chi connectivity index (χ1v) is 8.45. The molecule has 1 aromatic rings. The van der Waals surface area contributed by atoms with Crippen LogP contribution in [0.1, 0.15) is 45.7 Å². The molecule has 6 heteroatoms. The van der Waals surface area contributed by atoms with Crippen molar-refractivity contribution in [2.24, 2.45) is 7.05 Å². The van der Waals surface area contributed by atoms with E-state index >= 15 is 0 Å². The molecule has 0 saturated carbocycles. The summed E-state index contributed by atoms with van der Waals surface area (Å²) in [7, 11) is 1.73. The summed E-state index contributed by atoms with van der Waals surface area (Å²) >= 11 is 1.53. The molecular formula is C15H25N3O2S. The molecule has 1 rings (SSSR count). The molecule has 0 aliphatic rings. The van der Waals surface area contributed by atoms with Crippen LogP contribution in [0.15, 0.2) is 16.0 Å². The molecule has 1 N–H and O–H groups in total. The zero-order chi connectivity index (χ0) is 15.8. The van der Waals surface area contributed by atoms with Gasteiger partial charge in [0.1, 0.15) is 0 Å². The van der Waals surface area contributed by atoms with Crippen molar-refractivity contribution in [1.82, 2.24) is 14.9 Å². The molecular weight excluding hydrogens is 286 g/mol. The molecule has 0 radical (unpaired) electrons. The van der Waals surface area contributed by atoms with E-state index in [0.29, 0.717) is 6.42 Å². The third-order valence-electron chi connectivity index (χ3n) is 3.31. The van der Waals surface area contributed by atoms with E-state index < -0.39 is 0 Å². The molecule has 0 aliphatic carbocycles. The number of nitrogens with one attached hydrogen (secondary N) is 1. The predicted molar refractivity (Wildman–Crippen MR) is 86.7 cm³/mol. The monoisotopic (exact) mass is 311 g/mol. The Morgan fingerprint density at radius 2 is 2.19 bits per heavy atom. The van der Waals surface area contributed by atoms with Crippen molar-refractivity contribution in [2.45, 2.75) is 57.7 Å². The van der Waals surface area contributed by atoms with Crippen molar-refractivity contribution in [3.63, 3.8) is 0 Å². The van der Waals surface area contributed by atoms with Crippen LogP contribution in [0.2, 0.25) is 0 Å². The number of hydrogen-bond acceptors (Lipinski definition) is 4. The molecule has 0 aromatic carbocycles. The van der Waals surface area contributed by atoms with Crippen molar-refractivity contribution in [1.29, 1.82) is 0 Å². The molecule has 0 saturated heterocycles. The summed E-state index contributed by atoms with van der Waals surface area (Å²) in [4.78, 5) is 27.9. The van der Waals surface area contributed by atoms with Crippen LogP contribution < -0.4 is 10.9 Å². The molecule has 0 spiro atoms. The summed E-state index contributed by atoms with van der Waals surface area (Å²) < 4.78 is 1.56. The average Bonchev–Trinajstić information content (AvgIpc) is 2.47. The topological polar surface area (TPSA) is 64.0 Å². The Balaban J connectivity index is 2.44. The van der Waals surface area contributed by atoms with Gasteiger partial charge in [-0.15, -0.1) is 0 Å². The Morgan fingerprint density at radius 1 is 1.48 bits per heavy atom. The fourth-order valence-electron chi connectivity index (χ4n) is 1.72. The van der Waals surface area contributed by atoms with Gasteiger partial charge in [0.25, 0.3) is 5.56 Å². The second-order valence-corrected chi connectivity index (χ2v) is 6.17. The van der Waals surface area contributed by atoms with Crippen LogP contribution >= 0.6 is 11.8 Å². The number of thioether (sulfide) groups is 1. The van der Waals surface area contributed by atoms with E-state index in [1.54, 1.807) is 17.7 Å². The van der Waals surface area contributed by atoms with Crippen LogP contribution in [-0.4, -0.2) is 27.3 Å². The molecule has 1 atom stereocenters. The van der Waals surface area contributed by atoms with Crippen LogP contribution in [0, 0.1) is 0 Å². The van der Waals surface area contributed by atoms with Crippen LogP contribution in [0.3, 0.4) is 0 Å². The van der Waals surface area contributed by atoms with E-state index in [9.17, 15) is 9.59 Å². The minimum absolute atomic E-state index is 0.0288. The standard InChI is InChI=1S/C15H25N3O2S/c1-5-11(3)16-13(19)8-7-9-21-15-17-12(6-2)10-14(20)18(15)4/h10-11H,5-9H2,1-4H3,(H,16,19). The minimum atomic E-state index is -0.0288. The van der Waals surface area contributed by atoms with Crippen LogP contribution in [0.25, 0.3) is 0 Å². The number of amides is 1. The maximum absolute atomic E-state index is 11.8. The van der Waals surface area contributed by atoms with Gasteiger partial charge in [0.15, 0.2) is 5.16 Å². The third-order valence-corrected chi connectivity index (χ3v) is 4.42. The van der Waals surface area contributed by atoms with Gasteiger partial charge in [0.2, 0.25) is 5.91 Å². The van der Waals surface area contributed by atoms with E-state index in [-0.39, 0.29) is 17.5 Å². The van der Waals surface area contributed by atoms with Crippen LogP contribution in [0.5, 0.6) is 0 Å². The van der Waals surface area contributed by atoms with E-state index in [4.69, 9.17) is 0 Å². The maximum Gasteiger partial charge on any atom is 0.254 e. The summed E-state index contributed by atoms with van der Waals surface area (Å²) in [6, 6.07) is 1.80. The predicted octanol–water partition coefficient (Wildman–Crippen LogP) is 2.13. The van der Waals surface area contributed by atoms with Crippen molar-refractivity contribution in [3.05, 3.63) is 22.1 Å². The zero-order valence-corrected chi connectivity index (χ0v) is 14.1. The molecule has 5 nitrogen and oxygen atoms in total. The van der Waals surface area contributed by atoms with Crippen molar-refractivity contribution in [3.8, 4) is 0 Å². The highest BCUT2D eigenvalue weighted by Crippen LogP contribution is 2.15. The number of carbonyl (C=O) groups is 1. The minimum Gasteiger partial charge on any atom is -0.354 e. The number of aromatic nitrogens is 2. The van der Waals surface area contributed by atoms with Crippen LogP contribution in [0.4, 0.5) is 0 Å². The van der Waals surface area contributed by atoms with Gasteiger partial charge < -0.3 is 5.32 Å². The summed E-state index contributed by atoms with van der Waals surface area (Å²) in [5, 5.41) is 3.67. The SMILES string of the molecule is CCc1cc(=O)n(C)c(SCCCC(=O)NC(C)CC)n1. The molecule has 1 heterocycles. The summed E-state index contributed by atoms with van der Waals surface area (Å²) in [6.45, 7) is 6.03. The first kappa shape index (κ1) is 17.8. The Labute approximate surface area is 130 Å². The molecule has 0 fully saturated rings. The zero-order valence-electron chi connectivity index (χ0n) is 13.3. The van der Waals surface area contributed by atoms with E-state index in [2.05, 4.69) is 10.3 Å². The van der Waals surface area contributed by atoms with E-state index in [1.807, 2.05) is 20.8 Å². The van der Waals surface area contributed by atoms with E-state index in [0.717, 1.165) is 35.9 Å². The lowest BCUT2D eigenvalue weighted by molar-refractivity contribution is -0.121. The highest BCUT2D eigenvalue weighted by Gasteiger charge is 2.08. The first-order chi connectivity index (χ1) is 9.97. The quantitative estimate of drug-likeness (QED) is 0.454. The highest BCUT2D eigenvalue weighted by molar-refractivity contribution is 7.99.